The fraction of sp³-hybridized carbons (Fsp3) is 0.542. The van der Waals surface area contributed by atoms with E-state index in [4.69, 9.17) is 0 Å². The predicted molar refractivity (Wildman–Crippen MR) is 119 cm³/mol. The van der Waals surface area contributed by atoms with Crippen molar-refractivity contribution in [2.75, 3.05) is 19.6 Å². The molecule has 0 N–H and O–H groups in total. The first kappa shape index (κ1) is 21.1. The number of amides is 1. The van der Waals surface area contributed by atoms with Gasteiger partial charge < -0.3 is 4.90 Å². The fourth-order valence-corrected chi connectivity index (χ4v) is 5.21. The SMILES string of the molecule is Cc1ccsc1CN1CC(CN(C(=O)C(C)C)C(C)C)C(c2ccccc2)C1. The molecule has 0 bridgehead atoms. The quantitative estimate of drug-likeness (QED) is 0.643. The highest BCUT2D eigenvalue weighted by atomic mass is 32.1. The summed E-state index contributed by atoms with van der Waals surface area (Å²) < 4.78 is 0. The second-order valence-electron chi connectivity index (χ2n) is 8.74. The van der Waals surface area contributed by atoms with Crippen LogP contribution >= 0.6 is 11.3 Å². The average molecular weight is 399 g/mol. The molecule has 2 unspecified atom stereocenters. The molecule has 28 heavy (non-hydrogen) atoms. The maximum atomic E-state index is 12.8. The molecule has 1 aromatic heterocycles. The Hall–Kier alpha value is -1.65. The third-order valence-corrected chi connectivity index (χ3v) is 6.92. The standard InChI is InChI=1S/C24H34N2OS/c1-17(2)24(27)26(18(3)4)14-21-13-25(16-23-19(5)11-12-28-23)15-22(21)20-9-7-6-8-10-20/h6-12,17-18,21-22H,13-16H2,1-5H3. The van der Waals surface area contributed by atoms with Crippen molar-refractivity contribution in [3.8, 4) is 0 Å². The molecular formula is C24H34N2OS. The second kappa shape index (κ2) is 9.23. The van der Waals surface area contributed by atoms with Gasteiger partial charge in [-0.05, 0) is 49.3 Å². The summed E-state index contributed by atoms with van der Waals surface area (Å²) in [6.45, 7) is 14.5. The monoisotopic (exact) mass is 398 g/mol. The summed E-state index contributed by atoms with van der Waals surface area (Å²) in [5.74, 6) is 1.26. The van der Waals surface area contributed by atoms with E-state index in [1.54, 1.807) is 0 Å². The third-order valence-electron chi connectivity index (χ3n) is 5.91. The van der Waals surface area contributed by atoms with Crippen molar-refractivity contribution in [1.29, 1.82) is 0 Å². The summed E-state index contributed by atoms with van der Waals surface area (Å²) in [4.78, 5) is 19.0. The van der Waals surface area contributed by atoms with Gasteiger partial charge in [-0.3, -0.25) is 9.69 Å². The lowest BCUT2D eigenvalue weighted by Crippen LogP contribution is -2.43. The Kier molecular flexibility index (Phi) is 6.95. The molecule has 0 aliphatic carbocycles. The summed E-state index contributed by atoms with van der Waals surface area (Å²) in [7, 11) is 0. The molecule has 1 aliphatic heterocycles. The molecule has 1 aromatic carbocycles. The molecule has 1 amide bonds. The van der Waals surface area contributed by atoms with Crippen LogP contribution in [0.3, 0.4) is 0 Å². The molecule has 3 nitrogen and oxygen atoms in total. The van der Waals surface area contributed by atoms with Crippen LogP contribution in [0.5, 0.6) is 0 Å². The molecule has 152 valence electrons. The van der Waals surface area contributed by atoms with E-state index in [1.165, 1.54) is 16.0 Å². The number of aryl methyl sites for hydroxylation is 1. The Morgan fingerprint density at radius 3 is 2.43 bits per heavy atom. The summed E-state index contributed by atoms with van der Waals surface area (Å²) in [6.07, 6.45) is 0. The van der Waals surface area contributed by atoms with E-state index in [9.17, 15) is 4.79 Å². The molecule has 4 heteroatoms. The molecule has 0 saturated carbocycles. The number of benzene rings is 1. The van der Waals surface area contributed by atoms with E-state index >= 15 is 0 Å². The first-order valence-electron chi connectivity index (χ1n) is 10.5. The van der Waals surface area contributed by atoms with Gasteiger partial charge in [-0.15, -0.1) is 11.3 Å². The van der Waals surface area contributed by atoms with Crippen LogP contribution < -0.4 is 0 Å². The largest absolute Gasteiger partial charge is 0.340 e. The number of nitrogens with zero attached hydrogens (tertiary/aromatic N) is 2. The third kappa shape index (κ3) is 4.84. The molecule has 2 heterocycles. The average Bonchev–Trinajstić information content (AvgIpc) is 3.26. The highest BCUT2D eigenvalue weighted by molar-refractivity contribution is 7.10. The zero-order valence-electron chi connectivity index (χ0n) is 17.9. The Balaban J connectivity index is 1.80. The topological polar surface area (TPSA) is 23.6 Å². The van der Waals surface area contributed by atoms with Crippen LogP contribution in [0.25, 0.3) is 0 Å². The van der Waals surface area contributed by atoms with Crippen molar-refractivity contribution in [2.45, 2.75) is 53.1 Å². The molecule has 0 radical (unpaired) electrons. The van der Waals surface area contributed by atoms with Gasteiger partial charge in [0.15, 0.2) is 0 Å². The summed E-state index contributed by atoms with van der Waals surface area (Å²) in [5.41, 5.74) is 2.79. The molecule has 3 rings (SSSR count). The molecule has 2 atom stereocenters. The normalized spacial score (nSPS) is 20.2. The van der Waals surface area contributed by atoms with Crippen LogP contribution in [-0.2, 0) is 11.3 Å². The van der Waals surface area contributed by atoms with Crippen LogP contribution in [0.15, 0.2) is 41.8 Å². The molecule has 2 aromatic rings. The van der Waals surface area contributed by atoms with Crippen LogP contribution in [0.4, 0.5) is 0 Å². The predicted octanol–water partition coefficient (Wildman–Crippen LogP) is 5.17. The van der Waals surface area contributed by atoms with Crippen molar-refractivity contribution >= 4 is 17.2 Å². The van der Waals surface area contributed by atoms with Crippen molar-refractivity contribution < 1.29 is 4.79 Å². The summed E-state index contributed by atoms with van der Waals surface area (Å²) >= 11 is 1.86. The summed E-state index contributed by atoms with van der Waals surface area (Å²) in [5, 5.41) is 2.19. The lowest BCUT2D eigenvalue weighted by atomic mass is 9.88. The van der Waals surface area contributed by atoms with Crippen LogP contribution in [0, 0.1) is 18.8 Å². The molecular weight excluding hydrogens is 364 g/mol. The van der Waals surface area contributed by atoms with E-state index in [0.717, 1.165) is 26.2 Å². The Morgan fingerprint density at radius 1 is 1.14 bits per heavy atom. The Morgan fingerprint density at radius 2 is 1.86 bits per heavy atom. The zero-order chi connectivity index (χ0) is 20.3. The van der Waals surface area contributed by atoms with E-state index in [-0.39, 0.29) is 17.9 Å². The maximum Gasteiger partial charge on any atom is 0.225 e. The van der Waals surface area contributed by atoms with Crippen LogP contribution in [-0.4, -0.2) is 41.4 Å². The van der Waals surface area contributed by atoms with E-state index < -0.39 is 0 Å². The Bertz CT molecular complexity index is 768. The van der Waals surface area contributed by atoms with Gasteiger partial charge in [0.25, 0.3) is 0 Å². The molecule has 1 fully saturated rings. The van der Waals surface area contributed by atoms with E-state index in [1.807, 2.05) is 25.2 Å². The van der Waals surface area contributed by atoms with E-state index in [0.29, 0.717) is 11.8 Å². The first-order chi connectivity index (χ1) is 13.4. The highest BCUT2D eigenvalue weighted by Gasteiger charge is 2.36. The number of rotatable bonds is 7. The number of likely N-dealkylation sites (tertiary alicyclic amines) is 1. The molecule has 0 spiro atoms. The van der Waals surface area contributed by atoms with Crippen molar-refractivity contribution in [3.63, 3.8) is 0 Å². The zero-order valence-corrected chi connectivity index (χ0v) is 18.7. The number of carbonyl (C=O) groups is 1. The Labute approximate surface area is 174 Å². The first-order valence-corrected chi connectivity index (χ1v) is 11.4. The summed E-state index contributed by atoms with van der Waals surface area (Å²) in [6, 6.07) is 13.3. The minimum atomic E-state index is 0.0452. The van der Waals surface area contributed by atoms with Crippen LogP contribution in [0.2, 0.25) is 0 Å². The van der Waals surface area contributed by atoms with Gasteiger partial charge >= 0.3 is 0 Å². The fourth-order valence-electron chi connectivity index (χ4n) is 4.26. The van der Waals surface area contributed by atoms with Gasteiger partial charge in [0.2, 0.25) is 5.91 Å². The van der Waals surface area contributed by atoms with Crippen molar-refractivity contribution in [3.05, 3.63) is 57.8 Å². The van der Waals surface area contributed by atoms with E-state index in [2.05, 4.69) is 72.3 Å². The number of thiophene rings is 1. The maximum absolute atomic E-state index is 12.8. The van der Waals surface area contributed by atoms with Gasteiger partial charge in [-0.1, -0.05) is 44.2 Å². The number of hydrogen-bond acceptors (Lipinski definition) is 3. The van der Waals surface area contributed by atoms with Gasteiger partial charge in [0, 0.05) is 48.9 Å². The lowest BCUT2D eigenvalue weighted by molar-refractivity contribution is -0.136. The smallest absolute Gasteiger partial charge is 0.225 e. The van der Waals surface area contributed by atoms with Gasteiger partial charge in [-0.2, -0.15) is 0 Å². The van der Waals surface area contributed by atoms with Crippen molar-refractivity contribution in [1.82, 2.24) is 9.80 Å². The minimum Gasteiger partial charge on any atom is -0.340 e. The minimum absolute atomic E-state index is 0.0452. The van der Waals surface area contributed by atoms with Gasteiger partial charge in [0.1, 0.15) is 0 Å². The molecule has 1 aliphatic rings. The van der Waals surface area contributed by atoms with Crippen molar-refractivity contribution in [2.24, 2.45) is 11.8 Å². The lowest BCUT2D eigenvalue weighted by Gasteiger charge is -2.33. The molecule has 1 saturated heterocycles. The number of carbonyl (C=O) groups excluding carboxylic acids is 1. The van der Waals surface area contributed by atoms with Gasteiger partial charge in [0.05, 0.1) is 0 Å². The van der Waals surface area contributed by atoms with Gasteiger partial charge in [-0.25, -0.2) is 0 Å². The highest BCUT2D eigenvalue weighted by Crippen LogP contribution is 2.35. The number of hydrogen-bond donors (Lipinski definition) is 0. The van der Waals surface area contributed by atoms with Crippen LogP contribution in [0.1, 0.15) is 49.6 Å². The second-order valence-corrected chi connectivity index (χ2v) is 9.74.